The Morgan fingerprint density at radius 1 is 0.957 bits per heavy atom. The van der Waals surface area contributed by atoms with Gasteiger partial charge in [-0.3, -0.25) is 9.78 Å². The van der Waals surface area contributed by atoms with Gasteiger partial charge in [0.15, 0.2) is 23.1 Å². The Labute approximate surface area is 275 Å². The maximum absolute atomic E-state index is 15.2. The van der Waals surface area contributed by atoms with Crippen molar-refractivity contribution in [3.63, 3.8) is 0 Å². The van der Waals surface area contributed by atoms with Crippen molar-refractivity contribution in [1.29, 1.82) is 0 Å². The first-order valence-electron chi connectivity index (χ1n) is 15.0. The minimum atomic E-state index is -0.665. The minimum Gasteiger partial charge on any atom is -0.493 e. The molecule has 0 spiro atoms. The van der Waals surface area contributed by atoms with Gasteiger partial charge in [-0.05, 0) is 74.8 Å². The molecule has 0 atom stereocenters. The van der Waals surface area contributed by atoms with E-state index >= 15 is 4.39 Å². The van der Waals surface area contributed by atoms with Crippen molar-refractivity contribution in [2.45, 2.75) is 25.7 Å². The number of pyridine rings is 1. The molecule has 1 amide bonds. The van der Waals surface area contributed by atoms with Crippen LogP contribution in [0, 0.1) is 5.82 Å². The number of methoxy groups -OCH3 is 1. The van der Waals surface area contributed by atoms with Crippen LogP contribution in [0.25, 0.3) is 16.6 Å². The van der Waals surface area contributed by atoms with Crippen molar-refractivity contribution in [2.24, 2.45) is 0 Å². The van der Waals surface area contributed by atoms with Crippen LogP contribution in [0.2, 0.25) is 10.0 Å². The molecule has 238 valence electrons. The molecule has 2 aromatic heterocycles. The van der Waals surface area contributed by atoms with Gasteiger partial charge in [0.1, 0.15) is 17.8 Å². The monoisotopic (exact) mass is 663 g/mol. The molecule has 1 saturated heterocycles. The van der Waals surface area contributed by atoms with Crippen LogP contribution in [0.4, 0.5) is 10.1 Å². The Bertz CT molecular complexity index is 1860. The van der Waals surface area contributed by atoms with E-state index in [4.69, 9.17) is 37.4 Å². The average Bonchev–Trinajstić information content (AvgIpc) is 3.55. The fourth-order valence-corrected chi connectivity index (χ4v) is 5.89. The van der Waals surface area contributed by atoms with E-state index < -0.39 is 11.7 Å². The number of hydrogen-bond acceptors (Lipinski definition) is 7. The molecule has 12 heteroatoms. The number of carbonyl (C=O) groups is 1. The normalized spacial score (nSPS) is 13.5. The number of amides is 1. The highest BCUT2D eigenvalue weighted by Crippen LogP contribution is 2.38. The third-order valence-corrected chi connectivity index (χ3v) is 8.26. The molecule has 0 saturated carbocycles. The minimum absolute atomic E-state index is 0.0239. The SMILES string of the molecule is COc1cc2c(Oc3ccc(NC(=O)c4cn(-c5ccc(Cl)cc5Cl)cn4)cc3F)ccnc2cc1OCCCN1CCCCC1. The predicted molar refractivity (Wildman–Crippen MR) is 177 cm³/mol. The van der Waals surface area contributed by atoms with Crippen LogP contribution in [0.1, 0.15) is 36.2 Å². The fraction of sp³-hybridized carbons (Fsp3) is 0.265. The highest BCUT2D eigenvalue weighted by atomic mass is 35.5. The topological polar surface area (TPSA) is 90.7 Å². The molecular formula is C34H32Cl2FN5O4. The quantitative estimate of drug-likeness (QED) is 0.143. The van der Waals surface area contributed by atoms with Crippen molar-refractivity contribution in [3.05, 3.63) is 94.9 Å². The summed E-state index contributed by atoms with van der Waals surface area (Å²) in [5.41, 5.74) is 1.58. The number of ether oxygens (including phenoxy) is 3. The lowest BCUT2D eigenvalue weighted by molar-refractivity contribution is 0.102. The molecule has 0 unspecified atom stereocenters. The predicted octanol–water partition coefficient (Wildman–Crippen LogP) is 8.17. The number of halogens is 3. The first-order chi connectivity index (χ1) is 22.4. The zero-order valence-corrected chi connectivity index (χ0v) is 26.7. The molecule has 46 heavy (non-hydrogen) atoms. The standard InChI is InChI=1S/C34H32Cl2FN5O4/c1-44-32-18-24-27(19-33(32)45-15-5-14-41-12-3-2-4-13-41)38-11-10-30(24)46-31-9-7-23(17-26(31)37)40-34(43)28-20-42(21-39-28)29-8-6-22(35)16-25(29)36/h6-11,16-21H,2-5,12-15H2,1H3,(H,40,43). The van der Waals surface area contributed by atoms with Gasteiger partial charge in [-0.2, -0.15) is 0 Å². The summed E-state index contributed by atoms with van der Waals surface area (Å²) < 4.78 is 34.5. The van der Waals surface area contributed by atoms with Crippen LogP contribution < -0.4 is 19.5 Å². The van der Waals surface area contributed by atoms with Gasteiger partial charge in [-0.25, -0.2) is 9.37 Å². The van der Waals surface area contributed by atoms with Crippen LogP contribution in [0.15, 0.2) is 73.3 Å². The molecule has 3 aromatic carbocycles. The molecule has 6 rings (SSSR count). The van der Waals surface area contributed by atoms with E-state index in [0.717, 1.165) is 26.1 Å². The Morgan fingerprint density at radius 3 is 2.59 bits per heavy atom. The Kier molecular flexibility index (Phi) is 9.87. The molecule has 1 aliphatic heterocycles. The highest BCUT2D eigenvalue weighted by Gasteiger charge is 2.17. The second kappa shape index (κ2) is 14.4. The molecule has 0 bridgehead atoms. The van der Waals surface area contributed by atoms with Gasteiger partial charge in [0.05, 0.1) is 29.9 Å². The smallest absolute Gasteiger partial charge is 0.275 e. The number of piperidine rings is 1. The third-order valence-electron chi connectivity index (χ3n) is 7.72. The second-order valence-electron chi connectivity index (χ2n) is 10.9. The number of hydrogen-bond donors (Lipinski definition) is 1. The molecule has 3 heterocycles. The van der Waals surface area contributed by atoms with Gasteiger partial charge in [0.2, 0.25) is 0 Å². The third kappa shape index (κ3) is 7.36. The summed E-state index contributed by atoms with van der Waals surface area (Å²) in [5, 5.41) is 4.19. The van der Waals surface area contributed by atoms with Crippen molar-refractivity contribution in [1.82, 2.24) is 19.4 Å². The van der Waals surface area contributed by atoms with E-state index in [-0.39, 0.29) is 17.1 Å². The number of nitrogens with zero attached hydrogens (tertiary/aromatic N) is 4. The first kappa shape index (κ1) is 31.6. The van der Waals surface area contributed by atoms with Gasteiger partial charge in [-0.1, -0.05) is 29.6 Å². The Morgan fingerprint density at radius 2 is 1.80 bits per heavy atom. The molecule has 0 aliphatic carbocycles. The summed E-state index contributed by atoms with van der Waals surface area (Å²) in [5.74, 6) is 0.301. The molecule has 0 radical (unpaired) electrons. The number of likely N-dealkylation sites (tertiary alicyclic amines) is 1. The molecule has 9 nitrogen and oxygen atoms in total. The number of benzene rings is 3. The van der Waals surface area contributed by atoms with Crippen molar-refractivity contribution in [3.8, 4) is 28.7 Å². The summed E-state index contributed by atoms with van der Waals surface area (Å²) in [7, 11) is 1.57. The molecule has 1 fully saturated rings. The Balaban J connectivity index is 1.12. The van der Waals surface area contributed by atoms with E-state index in [9.17, 15) is 4.79 Å². The Hall–Kier alpha value is -4.38. The second-order valence-corrected chi connectivity index (χ2v) is 11.7. The lowest BCUT2D eigenvalue weighted by Crippen LogP contribution is -2.31. The highest BCUT2D eigenvalue weighted by molar-refractivity contribution is 6.35. The van der Waals surface area contributed by atoms with E-state index in [2.05, 4.69) is 20.2 Å². The van der Waals surface area contributed by atoms with E-state index in [1.54, 1.807) is 60.3 Å². The molecule has 5 aromatic rings. The van der Waals surface area contributed by atoms with Crippen LogP contribution in [0.5, 0.6) is 23.0 Å². The summed E-state index contributed by atoms with van der Waals surface area (Å²) in [6.07, 6.45) is 9.32. The number of aromatic nitrogens is 3. The van der Waals surface area contributed by atoms with Crippen LogP contribution >= 0.6 is 23.2 Å². The summed E-state index contributed by atoms with van der Waals surface area (Å²) >= 11 is 12.2. The average molecular weight is 665 g/mol. The lowest BCUT2D eigenvalue weighted by atomic mass is 10.1. The van der Waals surface area contributed by atoms with Crippen LogP contribution in [-0.2, 0) is 0 Å². The first-order valence-corrected chi connectivity index (χ1v) is 15.7. The fourth-order valence-electron chi connectivity index (χ4n) is 5.38. The van der Waals surface area contributed by atoms with Crippen molar-refractivity contribution >= 4 is 45.7 Å². The van der Waals surface area contributed by atoms with E-state index in [1.807, 2.05) is 0 Å². The zero-order chi connectivity index (χ0) is 32.0. The van der Waals surface area contributed by atoms with E-state index in [0.29, 0.717) is 50.5 Å². The van der Waals surface area contributed by atoms with Gasteiger partial charge in [0.25, 0.3) is 5.91 Å². The van der Waals surface area contributed by atoms with Crippen LogP contribution in [-0.4, -0.2) is 58.7 Å². The van der Waals surface area contributed by atoms with Gasteiger partial charge in [-0.15, -0.1) is 0 Å². The molecular weight excluding hydrogens is 632 g/mol. The number of carbonyl (C=O) groups excluding carboxylic acids is 1. The molecule has 1 aliphatic rings. The number of imidazole rings is 1. The summed E-state index contributed by atoms with van der Waals surface area (Å²) in [6.45, 7) is 3.86. The lowest BCUT2D eigenvalue weighted by Gasteiger charge is -2.26. The number of nitrogens with one attached hydrogen (secondary N) is 1. The number of fused-ring (bicyclic) bond motifs is 1. The van der Waals surface area contributed by atoms with Crippen molar-refractivity contribution < 1.29 is 23.4 Å². The van der Waals surface area contributed by atoms with Gasteiger partial charge >= 0.3 is 0 Å². The summed E-state index contributed by atoms with van der Waals surface area (Å²) in [4.78, 5) is 23.9. The van der Waals surface area contributed by atoms with Gasteiger partial charge in [0, 0.05) is 47.2 Å². The van der Waals surface area contributed by atoms with Gasteiger partial charge < -0.3 is 29.0 Å². The van der Waals surface area contributed by atoms with E-state index in [1.165, 1.54) is 43.9 Å². The zero-order valence-electron chi connectivity index (χ0n) is 25.1. The number of anilines is 1. The maximum atomic E-state index is 15.2. The maximum Gasteiger partial charge on any atom is 0.275 e. The number of rotatable bonds is 11. The summed E-state index contributed by atoms with van der Waals surface area (Å²) in [6, 6.07) is 14.4. The van der Waals surface area contributed by atoms with Crippen LogP contribution in [0.3, 0.4) is 0 Å². The largest absolute Gasteiger partial charge is 0.493 e. The molecule has 1 N–H and O–H groups in total. The van der Waals surface area contributed by atoms with Crippen molar-refractivity contribution in [2.75, 3.05) is 38.7 Å².